The highest BCUT2D eigenvalue weighted by Crippen LogP contribution is 2.20. The van der Waals surface area contributed by atoms with Crippen molar-refractivity contribution in [1.29, 1.82) is 0 Å². The predicted octanol–water partition coefficient (Wildman–Crippen LogP) is 3.13. The summed E-state index contributed by atoms with van der Waals surface area (Å²) in [6, 6.07) is 4.74. The van der Waals surface area contributed by atoms with Crippen LogP contribution >= 0.6 is 35.4 Å². The molecule has 2 N–H and O–H groups in total. The first kappa shape index (κ1) is 15.2. The van der Waals surface area contributed by atoms with E-state index in [-0.39, 0.29) is 17.4 Å². The summed E-state index contributed by atoms with van der Waals surface area (Å²) < 4.78 is 0. The number of thiocarbonyl (C=S) groups is 1. The van der Waals surface area contributed by atoms with Crippen LogP contribution in [0.5, 0.6) is 0 Å². The molecular formula is C12H14Cl2N2OS. The number of halogens is 2. The van der Waals surface area contributed by atoms with Gasteiger partial charge in [-0.15, -0.1) is 0 Å². The van der Waals surface area contributed by atoms with Gasteiger partial charge < -0.3 is 10.6 Å². The molecule has 98 valence electrons. The van der Waals surface area contributed by atoms with Gasteiger partial charge in [-0.1, -0.05) is 42.3 Å². The molecule has 0 bridgehead atoms. The molecule has 0 saturated heterocycles. The van der Waals surface area contributed by atoms with Crippen molar-refractivity contribution in [3.8, 4) is 0 Å². The standard InChI is InChI=1S/C12H14Cl2N2OS/c1-2-3-16(7-11(15)18)12(17)8-4-9(13)6-10(14)5-8/h4-6H,2-3,7H2,1H3,(H2,15,18). The number of nitrogens with two attached hydrogens (primary N) is 1. The second-order valence-corrected chi connectivity index (χ2v) is 5.25. The van der Waals surface area contributed by atoms with Crippen LogP contribution in [0.4, 0.5) is 0 Å². The van der Waals surface area contributed by atoms with Crippen molar-refractivity contribution >= 4 is 46.3 Å². The van der Waals surface area contributed by atoms with Gasteiger partial charge >= 0.3 is 0 Å². The maximum atomic E-state index is 12.3. The summed E-state index contributed by atoms with van der Waals surface area (Å²) in [5.74, 6) is -0.172. The van der Waals surface area contributed by atoms with Gasteiger partial charge in [0.25, 0.3) is 5.91 Å². The SMILES string of the molecule is CCCN(CC(N)=S)C(=O)c1cc(Cl)cc(Cl)c1. The van der Waals surface area contributed by atoms with Crippen molar-refractivity contribution in [2.24, 2.45) is 5.73 Å². The number of amides is 1. The molecule has 0 aliphatic rings. The summed E-state index contributed by atoms with van der Waals surface area (Å²) in [4.78, 5) is 14.1. The first-order valence-electron chi connectivity index (χ1n) is 5.47. The molecule has 0 radical (unpaired) electrons. The lowest BCUT2D eigenvalue weighted by molar-refractivity contribution is 0.0780. The Bertz CT molecular complexity index is 445. The fourth-order valence-corrected chi connectivity index (χ4v) is 2.25. The summed E-state index contributed by atoms with van der Waals surface area (Å²) in [7, 11) is 0. The minimum absolute atomic E-state index is 0.172. The third-order valence-electron chi connectivity index (χ3n) is 2.24. The molecule has 0 saturated carbocycles. The van der Waals surface area contributed by atoms with Crippen LogP contribution in [0.25, 0.3) is 0 Å². The molecule has 3 nitrogen and oxygen atoms in total. The van der Waals surface area contributed by atoms with E-state index in [1.807, 2.05) is 6.92 Å². The lowest BCUT2D eigenvalue weighted by Gasteiger charge is -2.21. The number of nitrogens with zero attached hydrogens (tertiary/aromatic N) is 1. The lowest BCUT2D eigenvalue weighted by Crippen LogP contribution is -2.38. The second-order valence-electron chi connectivity index (χ2n) is 3.85. The number of hydrogen-bond donors (Lipinski definition) is 1. The zero-order valence-corrected chi connectivity index (χ0v) is 12.3. The average Bonchev–Trinajstić information content (AvgIpc) is 2.25. The van der Waals surface area contributed by atoms with E-state index in [1.165, 1.54) is 0 Å². The summed E-state index contributed by atoms with van der Waals surface area (Å²) in [6.45, 7) is 2.82. The maximum Gasteiger partial charge on any atom is 0.254 e. The highest BCUT2D eigenvalue weighted by Gasteiger charge is 2.16. The minimum atomic E-state index is -0.172. The van der Waals surface area contributed by atoms with Gasteiger partial charge in [0.05, 0.1) is 11.5 Å². The normalized spacial score (nSPS) is 10.2. The molecule has 0 aliphatic carbocycles. The van der Waals surface area contributed by atoms with Crippen molar-refractivity contribution < 1.29 is 4.79 Å². The fraction of sp³-hybridized carbons (Fsp3) is 0.333. The highest BCUT2D eigenvalue weighted by molar-refractivity contribution is 7.80. The Hall–Kier alpha value is -0.840. The molecule has 0 aliphatic heterocycles. The van der Waals surface area contributed by atoms with Crippen LogP contribution in [0.3, 0.4) is 0 Å². The van der Waals surface area contributed by atoms with Crippen LogP contribution in [0, 0.1) is 0 Å². The quantitative estimate of drug-likeness (QED) is 0.850. The average molecular weight is 305 g/mol. The molecule has 1 aromatic rings. The Labute approximate surface area is 122 Å². The van der Waals surface area contributed by atoms with Crippen molar-refractivity contribution in [2.45, 2.75) is 13.3 Å². The zero-order valence-electron chi connectivity index (χ0n) is 9.95. The van der Waals surface area contributed by atoms with Crippen LogP contribution in [-0.2, 0) is 0 Å². The van der Waals surface area contributed by atoms with E-state index in [4.69, 9.17) is 41.2 Å². The van der Waals surface area contributed by atoms with Gasteiger partial charge in [-0.2, -0.15) is 0 Å². The van der Waals surface area contributed by atoms with Gasteiger partial charge in [0, 0.05) is 22.2 Å². The second kappa shape index (κ2) is 6.92. The molecular weight excluding hydrogens is 291 g/mol. The van der Waals surface area contributed by atoms with Gasteiger partial charge in [-0.25, -0.2) is 0 Å². The van der Waals surface area contributed by atoms with Gasteiger partial charge in [0.2, 0.25) is 0 Å². The number of hydrogen-bond acceptors (Lipinski definition) is 2. The number of benzene rings is 1. The smallest absolute Gasteiger partial charge is 0.254 e. The van der Waals surface area contributed by atoms with E-state index in [0.29, 0.717) is 22.2 Å². The third-order valence-corrected chi connectivity index (χ3v) is 2.80. The monoisotopic (exact) mass is 304 g/mol. The van der Waals surface area contributed by atoms with Crippen LogP contribution in [0.15, 0.2) is 18.2 Å². The van der Waals surface area contributed by atoms with Crippen LogP contribution < -0.4 is 5.73 Å². The van der Waals surface area contributed by atoms with E-state index in [2.05, 4.69) is 0 Å². The fourth-order valence-electron chi connectivity index (χ4n) is 1.57. The summed E-state index contributed by atoms with van der Waals surface area (Å²) >= 11 is 16.6. The predicted molar refractivity (Wildman–Crippen MR) is 79.4 cm³/mol. The Kier molecular flexibility index (Phi) is 5.85. The topological polar surface area (TPSA) is 46.3 Å². The van der Waals surface area contributed by atoms with Crippen molar-refractivity contribution in [1.82, 2.24) is 4.90 Å². The summed E-state index contributed by atoms with van der Waals surface area (Å²) in [5, 5.41) is 0.857. The van der Waals surface area contributed by atoms with Gasteiger partial charge in [0.15, 0.2) is 0 Å². The molecule has 0 fully saturated rings. The number of rotatable bonds is 5. The van der Waals surface area contributed by atoms with E-state index < -0.39 is 0 Å². The first-order valence-corrected chi connectivity index (χ1v) is 6.64. The van der Waals surface area contributed by atoms with E-state index >= 15 is 0 Å². The largest absolute Gasteiger partial charge is 0.392 e. The molecule has 18 heavy (non-hydrogen) atoms. The molecule has 1 rings (SSSR count). The number of carbonyl (C=O) groups is 1. The Balaban J connectivity index is 2.97. The molecule has 1 amide bonds. The molecule has 0 heterocycles. The minimum Gasteiger partial charge on any atom is -0.392 e. The molecule has 0 spiro atoms. The van der Waals surface area contributed by atoms with Crippen molar-refractivity contribution in [3.05, 3.63) is 33.8 Å². The van der Waals surface area contributed by atoms with Crippen molar-refractivity contribution in [3.63, 3.8) is 0 Å². The molecule has 6 heteroatoms. The molecule has 1 aromatic carbocycles. The van der Waals surface area contributed by atoms with E-state index in [0.717, 1.165) is 6.42 Å². The van der Waals surface area contributed by atoms with Gasteiger partial charge in [-0.3, -0.25) is 4.79 Å². The Morgan fingerprint density at radius 1 is 1.33 bits per heavy atom. The third kappa shape index (κ3) is 4.44. The first-order chi connectivity index (χ1) is 8.43. The Morgan fingerprint density at radius 2 is 1.89 bits per heavy atom. The van der Waals surface area contributed by atoms with Gasteiger partial charge in [0.1, 0.15) is 0 Å². The lowest BCUT2D eigenvalue weighted by atomic mass is 10.2. The number of carbonyl (C=O) groups excluding carboxylic acids is 1. The maximum absolute atomic E-state index is 12.3. The van der Waals surface area contributed by atoms with E-state index in [1.54, 1.807) is 23.1 Å². The van der Waals surface area contributed by atoms with Crippen LogP contribution in [-0.4, -0.2) is 28.9 Å². The van der Waals surface area contributed by atoms with Gasteiger partial charge in [-0.05, 0) is 24.6 Å². The summed E-state index contributed by atoms with van der Waals surface area (Å²) in [5.41, 5.74) is 5.93. The summed E-state index contributed by atoms with van der Waals surface area (Å²) in [6.07, 6.45) is 0.822. The molecule has 0 unspecified atom stereocenters. The van der Waals surface area contributed by atoms with E-state index in [9.17, 15) is 4.79 Å². The molecule has 0 atom stereocenters. The van der Waals surface area contributed by atoms with Crippen LogP contribution in [0.1, 0.15) is 23.7 Å². The Morgan fingerprint density at radius 3 is 2.33 bits per heavy atom. The molecule has 0 aromatic heterocycles. The highest BCUT2D eigenvalue weighted by atomic mass is 35.5. The zero-order chi connectivity index (χ0) is 13.7. The van der Waals surface area contributed by atoms with Crippen LogP contribution in [0.2, 0.25) is 10.0 Å². The van der Waals surface area contributed by atoms with Crippen molar-refractivity contribution in [2.75, 3.05) is 13.1 Å².